The van der Waals surface area contributed by atoms with Gasteiger partial charge in [0.1, 0.15) is 11.8 Å². The van der Waals surface area contributed by atoms with Crippen molar-refractivity contribution < 1.29 is 66.6 Å². The number of halogens is 3. The third kappa shape index (κ3) is 10.1. The first-order valence-corrected chi connectivity index (χ1v) is 24.1. The molecule has 5 heterocycles. The second-order valence-corrected chi connectivity index (χ2v) is 20.5. The molecule has 12 nitrogen and oxygen atoms in total. The van der Waals surface area contributed by atoms with E-state index in [1.807, 2.05) is 62.3 Å². The first-order chi connectivity index (χ1) is 30.4. The summed E-state index contributed by atoms with van der Waals surface area (Å²) in [6.45, 7) is 19.0. The number of aliphatic hydroxyl groups excluding tert-OH is 1. The molecule has 4 fully saturated rings. The first kappa shape index (κ1) is 51.5. The number of carbonyl (C=O) groups excluding carboxylic acids is 2. The number of nitrogens with one attached hydrogen (secondary N) is 1. The third-order valence-corrected chi connectivity index (χ3v) is 16.2. The minimum absolute atomic E-state index is 0.0445. The summed E-state index contributed by atoms with van der Waals surface area (Å²) in [5.74, 6) is -7.84. The van der Waals surface area contributed by atoms with Crippen LogP contribution in [0.1, 0.15) is 149 Å². The van der Waals surface area contributed by atoms with Crippen molar-refractivity contribution in [3.05, 3.63) is 47.5 Å². The highest BCUT2D eigenvalue weighted by atomic mass is 19.4. The van der Waals surface area contributed by atoms with Gasteiger partial charge in [0.25, 0.3) is 5.91 Å². The first-order valence-electron chi connectivity index (χ1n) is 24.1. The molecule has 0 bridgehead atoms. The molecule has 0 aromatic heterocycles. The highest BCUT2D eigenvalue weighted by Gasteiger charge is 2.63. The van der Waals surface area contributed by atoms with Gasteiger partial charge in [-0.15, -0.1) is 0 Å². The summed E-state index contributed by atoms with van der Waals surface area (Å²) >= 11 is 0. The van der Waals surface area contributed by atoms with Crippen molar-refractivity contribution in [3.63, 3.8) is 0 Å². The molecule has 4 N–H and O–H groups in total. The number of rotatable bonds is 14. The lowest BCUT2D eigenvalue weighted by molar-refractivity contribution is -0.397. The summed E-state index contributed by atoms with van der Waals surface area (Å²) in [6, 6.07) is 3.24. The number of Topliss-reactive ketones (excluding diaryl/α,β-unsaturated/α-hetero) is 1. The van der Waals surface area contributed by atoms with Crippen molar-refractivity contribution in [3.8, 4) is 0 Å². The van der Waals surface area contributed by atoms with Gasteiger partial charge in [0.05, 0.1) is 59.3 Å². The number of carbonyl (C=O) groups is 3. The number of hydrogen-bond donors (Lipinski definition) is 4. The van der Waals surface area contributed by atoms with Crippen LogP contribution in [0, 0.1) is 41.4 Å². The highest BCUT2D eigenvalue weighted by molar-refractivity contribution is 5.94. The van der Waals surface area contributed by atoms with Gasteiger partial charge in [-0.3, -0.25) is 14.4 Å². The van der Waals surface area contributed by atoms with Crippen molar-refractivity contribution in [2.24, 2.45) is 41.4 Å². The van der Waals surface area contributed by atoms with E-state index < -0.39 is 113 Å². The Balaban J connectivity index is 1.27. The van der Waals surface area contributed by atoms with Crippen molar-refractivity contribution in [2.45, 2.75) is 205 Å². The van der Waals surface area contributed by atoms with E-state index in [0.717, 1.165) is 18.6 Å². The van der Waals surface area contributed by atoms with Gasteiger partial charge in [-0.05, 0) is 108 Å². The van der Waals surface area contributed by atoms with Gasteiger partial charge in [-0.25, -0.2) is 0 Å². The fourth-order valence-electron chi connectivity index (χ4n) is 11.7. The SMILES string of the molecule is CC[C@@H](C(=O)[C@@H](C)[C@@H](O)[C@H](C)[C@@H]1O[C@@H]([C@@H](CC)C(=O)O)CC[C@@H]1C)[C@H]1O[C@]2(C=C[C@@H](NC(=O)c3cccc(C(F)(F)F)c3)[C@]3(CC[C@@](C)([C@H]4CC[C@](O)(CC)[C@H](C)O4)O3)O2)[C@H](C)C[C@@H]1C. The Morgan fingerprint density at radius 2 is 1.60 bits per heavy atom. The van der Waals surface area contributed by atoms with E-state index in [0.29, 0.717) is 51.4 Å². The van der Waals surface area contributed by atoms with E-state index in [1.54, 1.807) is 19.1 Å². The number of carboxylic acids is 1. The molecular formula is C50H74F3NO11. The van der Waals surface area contributed by atoms with Crippen LogP contribution in [0.25, 0.3) is 0 Å². The van der Waals surface area contributed by atoms with Crippen LogP contribution in [-0.4, -0.2) is 98.4 Å². The Morgan fingerprint density at radius 1 is 0.908 bits per heavy atom. The maximum atomic E-state index is 14.7. The summed E-state index contributed by atoms with van der Waals surface area (Å²) in [5.41, 5.74) is -3.11. The van der Waals surface area contributed by atoms with Crippen LogP contribution in [0.5, 0.6) is 0 Å². The van der Waals surface area contributed by atoms with E-state index in [1.165, 1.54) is 12.1 Å². The average Bonchev–Trinajstić information content (AvgIpc) is 3.61. The van der Waals surface area contributed by atoms with Gasteiger partial charge in [0, 0.05) is 35.7 Å². The number of ether oxygens (including phenoxy) is 5. The highest BCUT2D eigenvalue weighted by Crippen LogP contribution is 2.54. The van der Waals surface area contributed by atoms with Crippen LogP contribution < -0.4 is 5.32 Å². The van der Waals surface area contributed by atoms with Gasteiger partial charge in [0.15, 0.2) is 11.6 Å². The monoisotopic (exact) mass is 922 g/mol. The largest absolute Gasteiger partial charge is 0.481 e. The Kier molecular flexibility index (Phi) is 15.5. The topological polar surface area (TPSA) is 170 Å². The molecule has 0 saturated carbocycles. The zero-order chi connectivity index (χ0) is 48.0. The molecule has 366 valence electrons. The van der Waals surface area contributed by atoms with Crippen molar-refractivity contribution >= 4 is 17.7 Å². The fourth-order valence-corrected chi connectivity index (χ4v) is 11.7. The summed E-state index contributed by atoms with van der Waals surface area (Å²) in [5, 5.41) is 35.9. The molecule has 2 spiro atoms. The summed E-state index contributed by atoms with van der Waals surface area (Å²) in [7, 11) is 0. The molecule has 0 radical (unpaired) electrons. The van der Waals surface area contributed by atoms with E-state index >= 15 is 0 Å². The molecule has 0 unspecified atom stereocenters. The molecule has 1 amide bonds. The predicted molar refractivity (Wildman–Crippen MR) is 235 cm³/mol. The minimum Gasteiger partial charge on any atom is -0.481 e. The number of alkyl halides is 3. The number of ketones is 1. The lowest BCUT2D eigenvalue weighted by Gasteiger charge is -2.55. The number of aliphatic carboxylic acids is 1. The standard InChI is InChI=1S/C50H74F3NO11/c1-11-35(45(58)59)37-18-17-27(4)42(62-37)31(8)40(55)30(7)41(56)36(12-2)43-28(5)25-29(6)48(63-43)22-19-38(54-44(57)33-15-14-16-34(26-33)50(51,52)53)49(65-48)24-23-46(10,64-49)39-20-21-47(60,13-3)32(9)61-39/h14-16,19,22,26-32,35-40,42-43,55,60H,11-13,17-18,20-21,23-25H2,1-10H3,(H,54,57)(H,58,59)/t27-,28-,29+,30-,31-,32-,35+,36-,37+,38+,39+,40+,42+,43-,46-,47+,48-,49-/m0/s1. The summed E-state index contributed by atoms with van der Waals surface area (Å²) in [4.78, 5) is 40.6. The number of aliphatic hydroxyl groups is 2. The van der Waals surface area contributed by atoms with Crippen LogP contribution in [-0.2, 0) is 39.4 Å². The van der Waals surface area contributed by atoms with Crippen LogP contribution in [0.4, 0.5) is 13.2 Å². The maximum absolute atomic E-state index is 14.7. The Bertz CT molecular complexity index is 1900. The van der Waals surface area contributed by atoms with Crippen molar-refractivity contribution in [1.82, 2.24) is 5.32 Å². The lowest BCUT2D eigenvalue weighted by Crippen LogP contribution is -2.65. The second kappa shape index (κ2) is 19.6. The molecule has 65 heavy (non-hydrogen) atoms. The van der Waals surface area contributed by atoms with Crippen LogP contribution in [0.15, 0.2) is 36.4 Å². The number of benzene rings is 1. The molecule has 1 aromatic carbocycles. The maximum Gasteiger partial charge on any atom is 0.416 e. The molecule has 18 atom stereocenters. The van der Waals surface area contributed by atoms with Crippen molar-refractivity contribution in [2.75, 3.05) is 0 Å². The smallest absolute Gasteiger partial charge is 0.416 e. The normalized spacial score (nSPS) is 40.0. The number of carboxylic acid groups (broad SMARTS) is 1. The number of hydrogen-bond acceptors (Lipinski definition) is 10. The molecule has 1 aromatic rings. The quantitative estimate of drug-likeness (QED) is 0.132. The van der Waals surface area contributed by atoms with Gasteiger partial charge in [-0.1, -0.05) is 67.5 Å². The second-order valence-electron chi connectivity index (χ2n) is 20.5. The zero-order valence-corrected chi connectivity index (χ0v) is 39.9. The molecule has 5 aliphatic heterocycles. The number of amides is 1. The van der Waals surface area contributed by atoms with Gasteiger partial charge < -0.3 is 44.3 Å². The van der Waals surface area contributed by atoms with E-state index in [9.17, 15) is 42.9 Å². The van der Waals surface area contributed by atoms with Gasteiger partial charge in [0.2, 0.25) is 0 Å². The molecule has 5 aliphatic rings. The van der Waals surface area contributed by atoms with E-state index in [4.69, 9.17) is 23.7 Å². The summed E-state index contributed by atoms with van der Waals surface area (Å²) < 4.78 is 75.4. The van der Waals surface area contributed by atoms with E-state index in [2.05, 4.69) is 5.32 Å². The minimum atomic E-state index is -4.66. The molecular weight excluding hydrogens is 848 g/mol. The third-order valence-electron chi connectivity index (χ3n) is 16.2. The fraction of sp³-hybridized carbons (Fsp3) is 0.780. The molecule has 0 aliphatic carbocycles. The Morgan fingerprint density at radius 3 is 2.22 bits per heavy atom. The van der Waals surface area contributed by atoms with Gasteiger partial charge >= 0.3 is 12.1 Å². The lowest BCUT2D eigenvalue weighted by atomic mass is 9.72. The van der Waals surface area contributed by atoms with Gasteiger partial charge in [-0.2, -0.15) is 13.2 Å². The van der Waals surface area contributed by atoms with Crippen LogP contribution in [0.2, 0.25) is 0 Å². The zero-order valence-electron chi connectivity index (χ0n) is 39.9. The molecule has 15 heteroatoms. The Hall–Kier alpha value is -2.92. The Labute approximate surface area is 382 Å². The van der Waals surface area contributed by atoms with Crippen molar-refractivity contribution in [1.29, 1.82) is 0 Å². The summed E-state index contributed by atoms with van der Waals surface area (Å²) in [6.07, 6.45) is 0.0859. The average molecular weight is 922 g/mol. The van der Waals surface area contributed by atoms with Crippen LogP contribution in [0.3, 0.4) is 0 Å². The molecule has 4 saturated heterocycles. The van der Waals surface area contributed by atoms with E-state index in [-0.39, 0.29) is 35.5 Å². The molecule has 6 rings (SSSR count). The predicted octanol–water partition coefficient (Wildman–Crippen LogP) is 8.64. The van der Waals surface area contributed by atoms with Crippen LogP contribution >= 0.6 is 0 Å².